The van der Waals surface area contributed by atoms with Gasteiger partial charge >= 0.3 is 0 Å². The van der Waals surface area contributed by atoms with Crippen LogP contribution in [0.15, 0.2) is 285 Å². The number of benzene rings is 13. The second kappa shape index (κ2) is 17.2. The fourth-order valence-electron chi connectivity index (χ4n) is 12.8. The zero-order valence-corrected chi connectivity index (χ0v) is 42.0. The van der Waals surface area contributed by atoms with Gasteiger partial charge in [0, 0.05) is 49.4 Å². The van der Waals surface area contributed by atoms with Crippen LogP contribution in [-0.4, -0.2) is 13.7 Å². The van der Waals surface area contributed by atoms with Crippen molar-refractivity contribution in [1.82, 2.24) is 13.7 Å². The lowest BCUT2D eigenvalue weighted by Gasteiger charge is -2.18. The average Bonchev–Trinajstić information content (AvgIpc) is 4.15. The molecule has 0 aliphatic heterocycles. The van der Waals surface area contributed by atoms with Crippen molar-refractivity contribution >= 4 is 87.0 Å². The first kappa shape index (κ1) is 43.2. The van der Waals surface area contributed by atoms with Crippen molar-refractivity contribution < 1.29 is 0 Å². The highest BCUT2D eigenvalue weighted by atomic mass is 15.0. The summed E-state index contributed by atoms with van der Waals surface area (Å²) in [7, 11) is 0. The molecule has 0 N–H and O–H groups in total. The van der Waals surface area contributed by atoms with Crippen LogP contribution in [-0.2, 0) is 0 Å². The summed E-state index contributed by atoms with van der Waals surface area (Å²) in [6.07, 6.45) is 0. The summed E-state index contributed by atoms with van der Waals surface area (Å²) >= 11 is 0. The van der Waals surface area contributed by atoms with Crippen LogP contribution in [0, 0.1) is 0 Å². The number of rotatable bonds is 7. The SMILES string of the molecule is c1ccc(-c2c3ccccc3c(-c3ccc(-n4c5ccc(-c6cccc(-n7c8ccccc8c8ccccc87)c6)cc5c5cc(-c6cccc(-n7c8ccccc8c8ccccc87)c6)ccc54)cc3)c3ccccc23)cc1. The number of nitrogens with zero attached hydrogens (tertiary/aromatic N) is 3. The van der Waals surface area contributed by atoms with Crippen LogP contribution in [0.4, 0.5) is 0 Å². The molecule has 77 heavy (non-hydrogen) atoms. The van der Waals surface area contributed by atoms with Crippen molar-refractivity contribution in [2.45, 2.75) is 0 Å². The summed E-state index contributed by atoms with van der Waals surface area (Å²) in [6.45, 7) is 0. The minimum Gasteiger partial charge on any atom is -0.309 e. The molecule has 0 aliphatic carbocycles. The van der Waals surface area contributed by atoms with Crippen molar-refractivity contribution in [1.29, 1.82) is 0 Å². The minimum atomic E-state index is 1.12. The van der Waals surface area contributed by atoms with E-state index < -0.39 is 0 Å². The third-order valence-corrected chi connectivity index (χ3v) is 16.2. The van der Waals surface area contributed by atoms with Gasteiger partial charge in [-0.15, -0.1) is 0 Å². The van der Waals surface area contributed by atoms with E-state index in [0.29, 0.717) is 0 Å². The highest BCUT2D eigenvalue weighted by Gasteiger charge is 2.20. The van der Waals surface area contributed by atoms with Gasteiger partial charge in [-0.3, -0.25) is 0 Å². The number of fused-ring (bicyclic) bond motifs is 11. The Morgan fingerprint density at radius 2 is 0.442 bits per heavy atom. The zero-order chi connectivity index (χ0) is 50.6. The van der Waals surface area contributed by atoms with E-state index in [4.69, 9.17) is 0 Å². The van der Waals surface area contributed by atoms with Gasteiger partial charge in [0.2, 0.25) is 0 Å². The van der Waals surface area contributed by atoms with E-state index >= 15 is 0 Å². The van der Waals surface area contributed by atoms with E-state index in [1.165, 1.54) is 120 Å². The smallest absolute Gasteiger partial charge is 0.0541 e. The van der Waals surface area contributed by atoms with E-state index in [2.05, 4.69) is 299 Å². The van der Waals surface area contributed by atoms with Crippen LogP contribution < -0.4 is 0 Å². The zero-order valence-electron chi connectivity index (χ0n) is 42.0. The summed E-state index contributed by atoms with van der Waals surface area (Å²) < 4.78 is 7.27. The maximum absolute atomic E-state index is 2.46. The standard InChI is InChI=1S/C74H47N3/c1-2-18-48(19-3-1)73-61-28-4-6-30-63(61)74(64-31-7-5-29-62(64)73)49-36-40-54(41-37-49)75-71-42-38-52(50-20-16-22-55(44-50)76-67-32-12-8-24-57(67)58-25-9-13-33-68(58)76)46-65(71)66-47-53(39-43-72(66)75)51-21-17-23-56(45-51)77-69-34-14-10-26-59(69)60-27-11-15-35-70(60)77/h1-47H. The molecule has 0 spiro atoms. The molecule has 0 amide bonds. The van der Waals surface area contributed by atoms with Gasteiger partial charge in [-0.05, 0) is 151 Å². The fourth-order valence-corrected chi connectivity index (χ4v) is 12.8. The first-order chi connectivity index (χ1) is 38.2. The summed E-state index contributed by atoms with van der Waals surface area (Å²) in [6, 6.07) is 105. The molecule has 0 fully saturated rings. The molecule has 16 rings (SSSR count). The molecule has 3 heteroatoms. The quantitative estimate of drug-likeness (QED) is 0.141. The first-order valence-corrected chi connectivity index (χ1v) is 26.6. The lowest BCUT2D eigenvalue weighted by molar-refractivity contribution is 1.18. The Balaban J connectivity index is 0.872. The Labute approximate surface area is 445 Å². The lowest BCUT2D eigenvalue weighted by Crippen LogP contribution is -1.95. The fraction of sp³-hybridized carbons (Fsp3) is 0. The monoisotopic (exact) mass is 977 g/mol. The number of hydrogen-bond donors (Lipinski definition) is 0. The van der Waals surface area contributed by atoms with Crippen molar-refractivity contribution in [3.63, 3.8) is 0 Å². The van der Waals surface area contributed by atoms with Gasteiger partial charge in [0.25, 0.3) is 0 Å². The molecular weight excluding hydrogens is 931 g/mol. The number of aromatic nitrogens is 3. The molecular formula is C74H47N3. The van der Waals surface area contributed by atoms with Gasteiger partial charge < -0.3 is 13.7 Å². The van der Waals surface area contributed by atoms with E-state index in [1.54, 1.807) is 0 Å². The second-order valence-electron chi connectivity index (χ2n) is 20.4. The molecule has 0 radical (unpaired) electrons. The van der Waals surface area contributed by atoms with Crippen LogP contribution in [0.25, 0.3) is 149 Å². The Morgan fingerprint density at radius 1 is 0.156 bits per heavy atom. The third-order valence-electron chi connectivity index (χ3n) is 16.2. The van der Waals surface area contributed by atoms with Gasteiger partial charge in [0.05, 0.1) is 33.1 Å². The summed E-state index contributed by atoms with van der Waals surface area (Å²) in [5.74, 6) is 0. The molecule has 3 nitrogen and oxygen atoms in total. The Morgan fingerprint density at radius 3 is 0.844 bits per heavy atom. The predicted octanol–water partition coefficient (Wildman–Crippen LogP) is 20.0. The normalized spacial score (nSPS) is 11.9. The van der Waals surface area contributed by atoms with Gasteiger partial charge in [-0.2, -0.15) is 0 Å². The molecule has 0 aliphatic rings. The van der Waals surface area contributed by atoms with Gasteiger partial charge in [-0.25, -0.2) is 0 Å². The largest absolute Gasteiger partial charge is 0.309 e. The van der Waals surface area contributed by atoms with Crippen LogP contribution in [0.3, 0.4) is 0 Å². The molecule has 13 aromatic carbocycles. The summed E-state index contributed by atoms with van der Waals surface area (Å²) in [5, 5.41) is 12.5. The van der Waals surface area contributed by atoms with E-state index in [0.717, 1.165) is 28.1 Å². The highest BCUT2D eigenvalue weighted by Crippen LogP contribution is 2.45. The summed E-state index contributed by atoms with van der Waals surface area (Å²) in [4.78, 5) is 0. The van der Waals surface area contributed by atoms with Crippen molar-refractivity contribution in [2.75, 3.05) is 0 Å². The second-order valence-corrected chi connectivity index (χ2v) is 20.4. The van der Waals surface area contributed by atoms with Crippen molar-refractivity contribution in [3.05, 3.63) is 285 Å². The Bertz CT molecular complexity index is 4650. The van der Waals surface area contributed by atoms with E-state index in [1.807, 2.05) is 0 Å². The van der Waals surface area contributed by atoms with Crippen LogP contribution in [0.2, 0.25) is 0 Å². The lowest BCUT2D eigenvalue weighted by atomic mass is 9.86. The Kier molecular flexibility index (Phi) is 9.64. The van der Waals surface area contributed by atoms with Crippen LogP contribution in [0.5, 0.6) is 0 Å². The highest BCUT2D eigenvalue weighted by molar-refractivity contribution is 6.21. The Hall–Kier alpha value is -10.2. The number of para-hydroxylation sites is 4. The van der Waals surface area contributed by atoms with E-state index in [9.17, 15) is 0 Å². The van der Waals surface area contributed by atoms with Crippen molar-refractivity contribution in [3.8, 4) is 61.6 Å². The van der Waals surface area contributed by atoms with Gasteiger partial charge in [0.1, 0.15) is 0 Å². The predicted molar refractivity (Wildman–Crippen MR) is 326 cm³/mol. The minimum absolute atomic E-state index is 1.12. The molecule has 0 unspecified atom stereocenters. The van der Waals surface area contributed by atoms with Gasteiger partial charge in [-0.1, -0.05) is 200 Å². The maximum atomic E-state index is 2.46. The number of hydrogen-bond acceptors (Lipinski definition) is 0. The molecule has 16 aromatic rings. The first-order valence-electron chi connectivity index (χ1n) is 26.6. The van der Waals surface area contributed by atoms with Crippen molar-refractivity contribution in [2.24, 2.45) is 0 Å². The average molecular weight is 978 g/mol. The molecule has 358 valence electrons. The third kappa shape index (κ3) is 6.70. The molecule has 0 atom stereocenters. The molecule has 0 bridgehead atoms. The molecule has 0 saturated carbocycles. The topological polar surface area (TPSA) is 14.8 Å². The molecule has 3 aromatic heterocycles. The molecule has 0 saturated heterocycles. The summed E-state index contributed by atoms with van der Waals surface area (Å²) in [5.41, 5.74) is 20.2. The van der Waals surface area contributed by atoms with Gasteiger partial charge in [0.15, 0.2) is 0 Å². The molecule has 3 heterocycles. The van der Waals surface area contributed by atoms with E-state index in [-0.39, 0.29) is 0 Å². The van der Waals surface area contributed by atoms with Crippen LogP contribution >= 0.6 is 0 Å². The maximum Gasteiger partial charge on any atom is 0.0541 e. The van der Waals surface area contributed by atoms with Crippen LogP contribution in [0.1, 0.15) is 0 Å².